The zero-order chi connectivity index (χ0) is 31.7. The number of hydrogen-bond acceptors (Lipinski definition) is 6. The lowest BCUT2D eigenvalue weighted by molar-refractivity contribution is -0.140. The monoisotopic (exact) mass is 609 g/mol. The van der Waals surface area contributed by atoms with E-state index in [0.29, 0.717) is 24.5 Å². The minimum atomic E-state index is -4.21. The third-order valence-electron chi connectivity index (χ3n) is 7.22. The first-order chi connectivity index (χ1) is 20.4. The van der Waals surface area contributed by atoms with E-state index >= 15 is 0 Å². The van der Waals surface area contributed by atoms with Crippen LogP contribution in [0.4, 0.5) is 5.69 Å². The van der Waals surface area contributed by atoms with Crippen LogP contribution < -0.4 is 19.1 Å². The molecule has 0 aliphatic heterocycles. The van der Waals surface area contributed by atoms with Crippen molar-refractivity contribution in [2.45, 2.75) is 58.5 Å². The fourth-order valence-corrected chi connectivity index (χ4v) is 6.07. The Morgan fingerprint density at radius 2 is 1.56 bits per heavy atom. The highest BCUT2D eigenvalue weighted by Crippen LogP contribution is 2.34. The SMILES string of the molecule is CC[C@@H](C(=O)NCC(C)C)N(Cc1ccccc1C)C(=O)CN(c1ccc(OC)c(OC)c1)S(=O)(=O)c1ccc(C)cc1. The van der Waals surface area contributed by atoms with Gasteiger partial charge in [-0.1, -0.05) is 62.7 Å². The second kappa shape index (κ2) is 14.9. The molecule has 0 unspecified atom stereocenters. The van der Waals surface area contributed by atoms with Crippen LogP contribution >= 0.6 is 0 Å². The molecule has 0 heterocycles. The number of nitrogens with zero attached hydrogens (tertiary/aromatic N) is 2. The molecule has 0 spiro atoms. The van der Waals surface area contributed by atoms with Crippen molar-refractivity contribution in [3.63, 3.8) is 0 Å². The van der Waals surface area contributed by atoms with Gasteiger partial charge in [-0.05, 0) is 61.6 Å². The van der Waals surface area contributed by atoms with Crippen molar-refractivity contribution in [2.75, 3.05) is 31.6 Å². The van der Waals surface area contributed by atoms with Crippen molar-refractivity contribution in [1.29, 1.82) is 0 Å². The molecule has 1 N–H and O–H groups in total. The lowest BCUT2D eigenvalue weighted by Crippen LogP contribution is -2.52. The average Bonchev–Trinajstić information content (AvgIpc) is 2.99. The van der Waals surface area contributed by atoms with Gasteiger partial charge >= 0.3 is 0 Å². The van der Waals surface area contributed by atoms with E-state index < -0.39 is 28.5 Å². The fraction of sp³-hybridized carbons (Fsp3) is 0.394. The summed E-state index contributed by atoms with van der Waals surface area (Å²) in [6.45, 7) is 9.70. The number of amides is 2. The number of carbonyl (C=O) groups excluding carboxylic acids is 2. The topological polar surface area (TPSA) is 105 Å². The predicted molar refractivity (Wildman–Crippen MR) is 169 cm³/mol. The van der Waals surface area contributed by atoms with Crippen LogP contribution in [0.2, 0.25) is 0 Å². The summed E-state index contributed by atoms with van der Waals surface area (Å²) in [6.07, 6.45) is 0.350. The van der Waals surface area contributed by atoms with Gasteiger partial charge in [0, 0.05) is 19.2 Å². The third-order valence-corrected chi connectivity index (χ3v) is 9.00. The number of rotatable bonds is 14. The lowest BCUT2D eigenvalue weighted by Gasteiger charge is -2.33. The summed E-state index contributed by atoms with van der Waals surface area (Å²) in [5.41, 5.74) is 2.95. The number of ether oxygens (including phenoxy) is 2. The van der Waals surface area contributed by atoms with Gasteiger partial charge in [0.1, 0.15) is 12.6 Å². The lowest BCUT2D eigenvalue weighted by atomic mass is 10.1. The molecule has 0 bridgehead atoms. The van der Waals surface area contributed by atoms with Gasteiger partial charge in [0.2, 0.25) is 11.8 Å². The molecule has 0 aliphatic rings. The maximum absolute atomic E-state index is 14.3. The molecule has 232 valence electrons. The summed E-state index contributed by atoms with van der Waals surface area (Å²) in [5.74, 6) is 0.159. The Morgan fingerprint density at radius 1 is 0.907 bits per heavy atom. The zero-order valence-electron chi connectivity index (χ0n) is 26.1. The maximum atomic E-state index is 14.3. The molecule has 2 amide bonds. The number of sulfonamides is 1. The smallest absolute Gasteiger partial charge is 0.264 e. The standard InChI is InChI=1S/C33H43N3O6S/c1-8-29(33(38)34-20-23(2)3)35(21-26-12-10-9-11-25(26)5)32(37)22-36(27-15-18-30(41-6)31(19-27)42-7)43(39,40)28-16-13-24(4)14-17-28/h9-19,23,29H,8,20-22H2,1-7H3,(H,34,38)/t29-/m0/s1. The van der Waals surface area contributed by atoms with Crippen LogP contribution in [-0.4, -0.2) is 58.5 Å². The van der Waals surface area contributed by atoms with Crippen LogP contribution in [0.5, 0.6) is 11.5 Å². The second-order valence-corrected chi connectivity index (χ2v) is 12.7. The van der Waals surface area contributed by atoms with Crippen molar-refractivity contribution in [3.8, 4) is 11.5 Å². The minimum absolute atomic E-state index is 0.0351. The van der Waals surface area contributed by atoms with Gasteiger partial charge < -0.3 is 19.7 Å². The molecule has 9 nitrogen and oxygen atoms in total. The third kappa shape index (κ3) is 8.28. The Bertz CT molecular complexity index is 1510. The molecular formula is C33H43N3O6S. The molecule has 3 aromatic rings. The fourth-order valence-electron chi connectivity index (χ4n) is 4.66. The minimum Gasteiger partial charge on any atom is -0.493 e. The molecule has 3 aromatic carbocycles. The molecule has 1 atom stereocenters. The van der Waals surface area contributed by atoms with E-state index in [9.17, 15) is 18.0 Å². The first-order valence-corrected chi connectivity index (χ1v) is 15.8. The molecule has 43 heavy (non-hydrogen) atoms. The number of benzene rings is 3. The Labute approximate surface area is 255 Å². The molecule has 0 radical (unpaired) electrons. The number of aryl methyl sites for hydroxylation is 2. The Kier molecular flexibility index (Phi) is 11.6. The average molecular weight is 610 g/mol. The number of methoxy groups -OCH3 is 2. The van der Waals surface area contributed by atoms with E-state index in [1.165, 1.54) is 37.3 Å². The van der Waals surface area contributed by atoms with E-state index in [0.717, 1.165) is 21.0 Å². The quantitative estimate of drug-likeness (QED) is 0.273. The summed E-state index contributed by atoms with van der Waals surface area (Å²) < 4.78 is 40.1. The Morgan fingerprint density at radius 3 is 2.14 bits per heavy atom. The molecule has 0 aliphatic carbocycles. The van der Waals surface area contributed by atoms with Crippen molar-refractivity contribution >= 4 is 27.5 Å². The van der Waals surface area contributed by atoms with E-state index in [1.807, 2.05) is 58.9 Å². The van der Waals surface area contributed by atoms with Gasteiger partial charge in [0.15, 0.2) is 11.5 Å². The van der Waals surface area contributed by atoms with Gasteiger partial charge in [-0.3, -0.25) is 13.9 Å². The van der Waals surface area contributed by atoms with Gasteiger partial charge in [-0.15, -0.1) is 0 Å². The first-order valence-electron chi connectivity index (χ1n) is 14.4. The van der Waals surface area contributed by atoms with Gasteiger partial charge in [0.05, 0.1) is 24.8 Å². The molecule has 0 aromatic heterocycles. The van der Waals surface area contributed by atoms with Gasteiger partial charge in [-0.2, -0.15) is 0 Å². The van der Waals surface area contributed by atoms with Crippen molar-refractivity contribution in [1.82, 2.24) is 10.2 Å². The van der Waals surface area contributed by atoms with Crippen LogP contribution in [0.25, 0.3) is 0 Å². The summed E-state index contributed by atoms with van der Waals surface area (Å²) in [7, 11) is -1.27. The van der Waals surface area contributed by atoms with E-state index in [4.69, 9.17) is 9.47 Å². The summed E-state index contributed by atoms with van der Waals surface area (Å²) in [5, 5.41) is 2.95. The zero-order valence-corrected chi connectivity index (χ0v) is 26.9. The van der Waals surface area contributed by atoms with Gasteiger partial charge in [-0.25, -0.2) is 8.42 Å². The number of nitrogens with one attached hydrogen (secondary N) is 1. The largest absolute Gasteiger partial charge is 0.493 e. The maximum Gasteiger partial charge on any atom is 0.264 e. The molecule has 10 heteroatoms. The Balaban J connectivity index is 2.12. The van der Waals surface area contributed by atoms with Crippen LogP contribution in [0, 0.1) is 19.8 Å². The van der Waals surface area contributed by atoms with Gasteiger partial charge in [0.25, 0.3) is 10.0 Å². The summed E-state index contributed by atoms with van der Waals surface area (Å²) >= 11 is 0. The number of anilines is 1. The molecule has 0 saturated carbocycles. The van der Waals surface area contributed by atoms with Crippen LogP contribution in [-0.2, 0) is 26.2 Å². The highest BCUT2D eigenvalue weighted by Gasteiger charge is 2.34. The van der Waals surface area contributed by atoms with E-state index in [-0.39, 0.29) is 29.0 Å². The highest BCUT2D eigenvalue weighted by molar-refractivity contribution is 7.92. The highest BCUT2D eigenvalue weighted by atomic mass is 32.2. The van der Waals surface area contributed by atoms with Crippen LogP contribution in [0.3, 0.4) is 0 Å². The summed E-state index contributed by atoms with van der Waals surface area (Å²) in [6, 6.07) is 18.0. The van der Waals surface area contributed by atoms with Crippen molar-refractivity contribution in [3.05, 3.63) is 83.4 Å². The van der Waals surface area contributed by atoms with E-state index in [2.05, 4.69) is 5.32 Å². The Hall–Kier alpha value is -4.05. The predicted octanol–water partition coefficient (Wildman–Crippen LogP) is 5.10. The number of hydrogen-bond donors (Lipinski definition) is 1. The summed E-state index contributed by atoms with van der Waals surface area (Å²) in [4.78, 5) is 29.2. The normalized spacial score (nSPS) is 12.0. The molecule has 3 rings (SSSR count). The molecular weight excluding hydrogens is 566 g/mol. The molecule has 0 fully saturated rings. The van der Waals surface area contributed by atoms with E-state index in [1.54, 1.807) is 24.3 Å². The van der Waals surface area contributed by atoms with Crippen LogP contribution in [0.15, 0.2) is 71.6 Å². The molecule has 0 saturated heterocycles. The van der Waals surface area contributed by atoms with Crippen molar-refractivity contribution in [2.24, 2.45) is 5.92 Å². The van der Waals surface area contributed by atoms with Crippen molar-refractivity contribution < 1.29 is 27.5 Å². The number of carbonyl (C=O) groups is 2. The van der Waals surface area contributed by atoms with Crippen LogP contribution in [0.1, 0.15) is 43.9 Å². The second-order valence-electron chi connectivity index (χ2n) is 10.9. The first kappa shape index (κ1) is 33.5.